The van der Waals surface area contributed by atoms with E-state index in [1.54, 1.807) is 0 Å². The fourth-order valence-electron chi connectivity index (χ4n) is 0.118. The van der Waals surface area contributed by atoms with Crippen molar-refractivity contribution >= 4 is 24.8 Å². The summed E-state index contributed by atoms with van der Waals surface area (Å²) in [6, 6.07) is 0.463. The summed E-state index contributed by atoms with van der Waals surface area (Å²) < 4.78 is 0. The minimum atomic E-state index is 0. The molecule has 0 rings (SSSR count). The van der Waals surface area contributed by atoms with Gasteiger partial charge in [0.15, 0.2) is 0 Å². The quantitative estimate of drug-likeness (QED) is 0.470. The maximum atomic E-state index is 5.03. The van der Waals surface area contributed by atoms with Crippen LogP contribution in [0, 0.1) is 0 Å². The molecule has 8 heavy (non-hydrogen) atoms. The molecule has 0 radical (unpaired) electrons. The zero-order valence-electron chi connectivity index (χ0n) is 5.18. The molecule has 0 saturated heterocycles. The maximum Gasteiger partial charge on any atom is 0.0179 e. The average molecular weight is 161 g/mol. The van der Waals surface area contributed by atoms with Crippen LogP contribution in [0.4, 0.5) is 0 Å². The average Bonchev–Trinajstić information content (AvgIpc) is 1.65. The molecule has 0 aromatic heterocycles. The Balaban J connectivity index is -0.000000125. The van der Waals surface area contributed by atoms with E-state index in [1.165, 1.54) is 0 Å². The first-order chi connectivity index (χ1) is 2.81. The molecule has 0 amide bonds. The maximum absolute atomic E-state index is 5.03. The van der Waals surface area contributed by atoms with E-state index < -0.39 is 0 Å². The van der Waals surface area contributed by atoms with Crippen LogP contribution in [-0.2, 0) is 0 Å². The van der Waals surface area contributed by atoms with Gasteiger partial charge in [0.25, 0.3) is 0 Å². The number of halogens is 2. The van der Waals surface area contributed by atoms with Gasteiger partial charge < -0.3 is 0 Å². The van der Waals surface area contributed by atoms with E-state index in [-0.39, 0.29) is 24.8 Å². The smallest absolute Gasteiger partial charge is 0.0179 e. The highest BCUT2D eigenvalue weighted by Crippen LogP contribution is 1.81. The molecule has 0 heterocycles. The van der Waals surface area contributed by atoms with Crippen LogP contribution in [0.5, 0.6) is 0 Å². The largest absolute Gasteiger partial charge is 0.271 e. The summed E-state index contributed by atoms with van der Waals surface area (Å²) in [4.78, 5) is 0. The van der Waals surface area contributed by atoms with E-state index in [1.807, 2.05) is 6.92 Å². The SMILES string of the molecule is CCC(C)NN.Cl.Cl. The number of nitrogens with two attached hydrogens (primary N) is 1. The molecule has 54 valence electrons. The number of rotatable bonds is 2. The Morgan fingerprint density at radius 1 is 1.50 bits per heavy atom. The fraction of sp³-hybridized carbons (Fsp3) is 1.00. The lowest BCUT2D eigenvalue weighted by molar-refractivity contribution is 0.555. The second-order valence-electron chi connectivity index (χ2n) is 1.48. The molecule has 0 bridgehead atoms. The normalized spacial score (nSPS) is 10.9. The molecule has 2 nitrogen and oxygen atoms in total. The van der Waals surface area contributed by atoms with Crippen LogP contribution in [-0.4, -0.2) is 6.04 Å². The predicted octanol–water partition coefficient (Wildman–Crippen LogP) is 1.09. The molecule has 0 aliphatic carbocycles. The van der Waals surface area contributed by atoms with Crippen LogP contribution in [0.15, 0.2) is 0 Å². The van der Waals surface area contributed by atoms with E-state index in [4.69, 9.17) is 5.84 Å². The summed E-state index contributed by atoms with van der Waals surface area (Å²) in [7, 11) is 0. The van der Waals surface area contributed by atoms with Crippen molar-refractivity contribution in [3.63, 3.8) is 0 Å². The van der Waals surface area contributed by atoms with Crippen molar-refractivity contribution in [2.75, 3.05) is 0 Å². The zero-order valence-corrected chi connectivity index (χ0v) is 6.81. The van der Waals surface area contributed by atoms with Crippen LogP contribution in [0.25, 0.3) is 0 Å². The fourth-order valence-corrected chi connectivity index (χ4v) is 0.118. The van der Waals surface area contributed by atoms with Crippen LogP contribution in [0.1, 0.15) is 20.3 Å². The lowest BCUT2D eigenvalue weighted by Gasteiger charge is -2.02. The molecular formula is C4H14Cl2N2. The molecule has 4 heteroatoms. The van der Waals surface area contributed by atoms with Gasteiger partial charge in [0.05, 0.1) is 0 Å². The van der Waals surface area contributed by atoms with Crippen molar-refractivity contribution in [1.82, 2.24) is 5.43 Å². The summed E-state index contributed by atoms with van der Waals surface area (Å²) in [6.07, 6.45) is 1.09. The number of hydrogen-bond donors (Lipinski definition) is 2. The molecule has 3 N–H and O–H groups in total. The van der Waals surface area contributed by atoms with Gasteiger partial charge in [-0.05, 0) is 13.3 Å². The topological polar surface area (TPSA) is 38.0 Å². The molecule has 0 fully saturated rings. The Kier molecular flexibility index (Phi) is 20.7. The third-order valence-electron chi connectivity index (χ3n) is 0.897. The Bertz CT molecular complexity index is 31.2. The molecule has 0 aliphatic rings. The molecule has 0 aliphatic heterocycles. The lowest BCUT2D eigenvalue weighted by Crippen LogP contribution is -2.31. The second kappa shape index (κ2) is 10.5. The molecule has 0 aromatic rings. The van der Waals surface area contributed by atoms with Crippen LogP contribution < -0.4 is 11.3 Å². The van der Waals surface area contributed by atoms with E-state index >= 15 is 0 Å². The highest BCUT2D eigenvalue weighted by atomic mass is 35.5. The monoisotopic (exact) mass is 160 g/mol. The van der Waals surface area contributed by atoms with Gasteiger partial charge in [-0.25, -0.2) is 0 Å². The molecule has 0 spiro atoms. The lowest BCUT2D eigenvalue weighted by atomic mass is 10.3. The Labute approximate surface area is 63.0 Å². The summed E-state index contributed by atoms with van der Waals surface area (Å²) in [5, 5.41) is 0. The van der Waals surface area contributed by atoms with Gasteiger partial charge in [0.1, 0.15) is 0 Å². The first-order valence-corrected chi connectivity index (χ1v) is 2.27. The van der Waals surface area contributed by atoms with Crippen molar-refractivity contribution in [2.45, 2.75) is 26.3 Å². The second-order valence-corrected chi connectivity index (χ2v) is 1.48. The van der Waals surface area contributed by atoms with E-state index in [0.29, 0.717) is 6.04 Å². The van der Waals surface area contributed by atoms with Crippen molar-refractivity contribution in [3.05, 3.63) is 0 Å². The summed E-state index contributed by atoms with van der Waals surface area (Å²) in [5.74, 6) is 5.03. The van der Waals surface area contributed by atoms with Crippen LogP contribution >= 0.6 is 24.8 Å². The highest BCUT2D eigenvalue weighted by molar-refractivity contribution is 5.85. The van der Waals surface area contributed by atoms with Crippen LogP contribution in [0.2, 0.25) is 0 Å². The van der Waals surface area contributed by atoms with Gasteiger partial charge in [0.2, 0.25) is 0 Å². The molecule has 1 atom stereocenters. The number of hydrazine groups is 1. The molecular weight excluding hydrogens is 147 g/mol. The van der Waals surface area contributed by atoms with Crippen LogP contribution in [0.3, 0.4) is 0 Å². The van der Waals surface area contributed by atoms with Gasteiger partial charge in [-0.3, -0.25) is 11.3 Å². The summed E-state index contributed by atoms with van der Waals surface area (Å²) in [5.41, 5.74) is 2.61. The Morgan fingerprint density at radius 2 is 1.88 bits per heavy atom. The molecule has 1 unspecified atom stereocenters. The van der Waals surface area contributed by atoms with Gasteiger partial charge >= 0.3 is 0 Å². The van der Waals surface area contributed by atoms with Crippen molar-refractivity contribution in [3.8, 4) is 0 Å². The third kappa shape index (κ3) is 9.71. The number of nitrogens with one attached hydrogen (secondary N) is 1. The van der Waals surface area contributed by atoms with Crippen molar-refractivity contribution in [2.24, 2.45) is 5.84 Å². The van der Waals surface area contributed by atoms with E-state index in [2.05, 4.69) is 12.3 Å². The molecule has 0 aromatic carbocycles. The minimum Gasteiger partial charge on any atom is -0.271 e. The standard InChI is InChI=1S/C4H12N2.2ClH/c1-3-4(2)6-5;;/h4,6H,3,5H2,1-2H3;2*1H. The zero-order chi connectivity index (χ0) is 4.99. The van der Waals surface area contributed by atoms with E-state index in [9.17, 15) is 0 Å². The first-order valence-electron chi connectivity index (χ1n) is 2.27. The van der Waals surface area contributed by atoms with Gasteiger partial charge in [-0.15, -0.1) is 24.8 Å². The van der Waals surface area contributed by atoms with Crippen molar-refractivity contribution < 1.29 is 0 Å². The van der Waals surface area contributed by atoms with Gasteiger partial charge in [-0.1, -0.05) is 6.92 Å². The number of hydrogen-bond acceptors (Lipinski definition) is 2. The predicted molar refractivity (Wildman–Crippen MR) is 41.6 cm³/mol. The molecule has 0 saturated carbocycles. The van der Waals surface area contributed by atoms with E-state index in [0.717, 1.165) is 6.42 Å². The Morgan fingerprint density at radius 3 is 1.88 bits per heavy atom. The first kappa shape index (κ1) is 15.8. The summed E-state index contributed by atoms with van der Waals surface area (Å²) >= 11 is 0. The summed E-state index contributed by atoms with van der Waals surface area (Å²) in [6.45, 7) is 4.13. The Hall–Kier alpha value is 0.500. The minimum absolute atomic E-state index is 0. The van der Waals surface area contributed by atoms with Gasteiger partial charge in [-0.2, -0.15) is 0 Å². The third-order valence-corrected chi connectivity index (χ3v) is 0.897. The van der Waals surface area contributed by atoms with Crippen molar-refractivity contribution in [1.29, 1.82) is 0 Å². The van der Waals surface area contributed by atoms with Gasteiger partial charge in [0, 0.05) is 6.04 Å². The highest BCUT2D eigenvalue weighted by Gasteiger charge is 1.87.